The zero-order valence-electron chi connectivity index (χ0n) is 12.1. The lowest BCUT2D eigenvalue weighted by Gasteiger charge is -2.42. The number of aliphatic hydroxyl groups is 1. The van der Waals surface area contributed by atoms with Crippen molar-refractivity contribution >= 4 is 11.3 Å². The van der Waals surface area contributed by atoms with Gasteiger partial charge >= 0.3 is 0 Å². The van der Waals surface area contributed by atoms with E-state index in [2.05, 4.69) is 6.07 Å². The van der Waals surface area contributed by atoms with E-state index < -0.39 is 11.0 Å². The molecular formula is C17H17NO2S. The molecule has 4 heteroatoms. The minimum absolute atomic E-state index is 0.199. The van der Waals surface area contributed by atoms with Crippen molar-refractivity contribution in [2.45, 2.75) is 25.9 Å². The van der Waals surface area contributed by atoms with Gasteiger partial charge in [0, 0.05) is 16.2 Å². The van der Waals surface area contributed by atoms with E-state index in [1.165, 1.54) is 11.3 Å². The maximum absolute atomic E-state index is 11.1. The van der Waals surface area contributed by atoms with Gasteiger partial charge in [0.25, 0.3) is 0 Å². The molecule has 3 nitrogen and oxygen atoms in total. The van der Waals surface area contributed by atoms with Crippen LogP contribution in [0, 0.1) is 23.7 Å². The van der Waals surface area contributed by atoms with E-state index in [0.717, 1.165) is 21.1 Å². The Morgan fingerprint density at radius 3 is 2.76 bits per heavy atom. The average Bonchev–Trinajstić information content (AvgIpc) is 2.93. The van der Waals surface area contributed by atoms with E-state index in [1.54, 1.807) is 6.92 Å². The molecule has 1 aliphatic rings. The van der Waals surface area contributed by atoms with Gasteiger partial charge in [-0.25, -0.2) is 0 Å². The van der Waals surface area contributed by atoms with Crippen LogP contribution in [0.25, 0.3) is 0 Å². The molecule has 0 fully saturated rings. The first-order chi connectivity index (χ1) is 9.98. The van der Waals surface area contributed by atoms with Crippen molar-refractivity contribution in [3.63, 3.8) is 0 Å². The Balaban J connectivity index is 2.05. The second-order valence-electron chi connectivity index (χ2n) is 5.75. The van der Waals surface area contributed by atoms with Crippen LogP contribution in [-0.4, -0.2) is 11.7 Å². The summed E-state index contributed by atoms with van der Waals surface area (Å²) in [6, 6.07) is 13.9. The predicted octanol–water partition coefficient (Wildman–Crippen LogP) is 3.41. The lowest BCUT2D eigenvalue weighted by molar-refractivity contribution is -0.0695. The summed E-state index contributed by atoms with van der Waals surface area (Å²) in [5, 5.41) is 20.9. The second-order valence-corrected chi connectivity index (χ2v) is 7.04. The summed E-state index contributed by atoms with van der Waals surface area (Å²) in [6.07, 6.45) is 0.490. The molecule has 2 aromatic rings. The van der Waals surface area contributed by atoms with Gasteiger partial charge in [-0.15, -0.1) is 11.3 Å². The lowest BCUT2D eigenvalue weighted by atomic mass is 9.68. The SMILES string of the molecule is Cc1ccc(C(C)(O)C2(C#N)COc3ccccc3C2)s1. The van der Waals surface area contributed by atoms with Crippen LogP contribution in [0.4, 0.5) is 0 Å². The van der Waals surface area contributed by atoms with Gasteiger partial charge in [0.05, 0.1) is 6.07 Å². The highest BCUT2D eigenvalue weighted by Gasteiger charge is 2.52. The first kappa shape index (κ1) is 14.1. The van der Waals surface area contributed by atoms with Crippen molar-refractivity contribution in [3.05, 3.63) is 51.7 Å². The molecule has 0 spiro atoms. The molecule has 1 aliphatic heterocycles. The summed E-state index contributed by atoms with van der Waals surface area (Å²) in [5.74, 6) is 0.807. The Hall–Kier alpha value is -1.83. The second kappa shape index (κ2) is 4.87. The van der Waals surface area contributed by atoms with E-state index in [1.807, 2.05) is 43.3 Å². The zero-order valence-corrected chi connectivity index (χ0v) is 12.9. The molecule has 1 N–H and O–H groups in total. The van der Waals surface area contributed by atoms with Crippen molar-refractivity contribution in [3.8, 4) is 11.8 Å². The number of aryl methyl sites for hydroxylation is 1. The Bertz CT molecular complexity index is 714. The molecule has 2 unspecified atom stereocenters. The van der Waals surface area contributed by atoms with Crippen molar-refractivity contribution < 1.29 is 9.84 Å². The summed E-state index contributed by atoms with van der Waals surface area (Å²) in [7, 11) is 0. The minimum atomic E-state index is -1.24. The van der Waals surface area contributed by atoms with Crippen molar-refractivity contribution in [1.29, 1.82) is 5.26 Å². The summed E-state index contributed by atoms with van der Waals surface area (Å²) in [5.41, 5.74) is -1.24. The summed E-state index contributed by atoms with van der Waals surface area (Å²) in [6.45, 7) is 3.92. The molecule has 2 atom stereocenters. The number of nitriles is 1. The molecule has 1 aromatic carbocycles. The van der Waals surface area contributed by atoms with Crippen molar-refractivity contribution in [1.82, 2.24) is 0 Å². The van der Waals surface area contributed by atoms with Crippen LogP contribution in [0.2, 0.25) is 0 Å². The normalized spacial score (nSPS) is 23.5. The monoisotopic (exact) mass is 299 g/mol. The highest BCUT2D eigenvalue weighted by molar-refractivity contribution is 7.12. The first-order valence-corrected chi connectivity index (χ1v) is 7.71. The number of rotatable bonds is 2. The van der Waals surface area contributed by atoms with Gasteiger partial charge in [0.15, 0.2) is 0 Å². The number of para-hydroxylation sites is 1. The van der Waals surface area contributed by atoms with Crippen LogP contribution >= 0.6 is 11.3 Å². The fraction of sp³-hybridized carbons (Fsp3) is 0.353. The maximum Gasteiger partial charge on any atom is 0.129 e. The van der Waals surface area contributed by atoms with E-state index in [-0.39, 0.29) is 6.61 Å². The van der Waals surface area contributed by atoms with Gasteiger partial charge in [-0.3, -0.25) is 0 Å². The van der Waals surface area contributed by atoms with Crippen LogP contribution in [0.15, 0.2) is 36.4 Å². The molecule has 2 heterocycles. The minimum Gasteiger partial charge on any atom is -0.491 e. The Kier molecular flexibility index (Phi) is 3.27. The average molecular weight is 299 g/mol. The van der Waals surface area contributed by atoms with Gasteiger partial charge in [0.1, 0.15) is 23.4 Å². The highest BCUT2D eigenvalue weighted by atomic mass is 32.1. The number of hydrogen-bond acceptors (Lipinski definition) is 4. The number of nitrogens with zero attached hydrogens (tertiary/aromatic N) is 1. The Labute approximate surface area is 128 Å². The topological polar surface area (TPSA) is 53.2 Å². The molecule has 21 heavy (non-hydrogen) atoms. The van der Waals surface area contributed by atoms with Gasteiger partial charge in [-0.2, -0.15) is 5.26 Å². The molecule has 3 rings (SSSR count). The third-order valence-electron chi connectivity index (χ3n) is 4.30. The number of ether oxygens (including phenoxy) is 1. The molecule has 0 bridgehead atoms. The predicted molar refractivity (Wildman–Crippen MR) is 82.3 cm³/mol. The number of fused-ring (bicyclic) bond motifs is 1. The van der Waals surface area contributed by atoms with Gasteiger partial charge in [-0.05, 0) is 37.6 Å². The van der Waals surface area contributed by atoms with Gasteiger partial charge in [0.2, 0.25) is 0 Å². The Morgan fingerprint density at radius 2 is 2.10 bits per heavy atom. The van der Waals surface area contributed by atoms with E-state index >= 15 is 0 Å². The zero-order chi connectivity index (χ0) is 15.1. The van der Waals surface area contributed by atoms with Crippen LogP contribution in [0.5, 0.6) is 5.75 Å². The molecular weight excluding hydrogens is 282 g/mol. The first-order valence-electron chi connectivity index (χ1n) is 6.90. The van der Waals surface area contributed by atoms with E-state index in [9.17, 15) is 10.4 Å². The standard InChI is InChI=1S/C17H17NO2S/c1-12-7-8-15(21-12)16(2,19)17(10-18)9-13-5-3-4-6-14(13)20-11-17/h3-8,19H,9,11H2,1-2H3. The molecule has 0 saturated heterocycles. The molecule has 1 aromatic heterocycles. The number of thiophene rings is 1. The van der Waals surface area contributed by atoms with Gasteiger partial charge in [-0.1, -0.05) is 18.2 Å². The summed E-state index contributed by atoms with van der Waals surface area (Å²) in [4.78, 5) is 1.93. The third kappa shape index (κ3) is 2.14. The quantitative estimate of drug-likeness (QED) is 0.924. The molecule has 0 saturated carbocycles. The summed E-state index contributed by atoms with van der Waals surface area (Å²) < 4.78 is 5.77. The van der Waals surface area contributed by atoms with Crippen LogP contribution in [-0.2, 0) is 12.0 Å². The highest BCUT2D eigenvalue weighted by Crippen LogP contribution is 2.47. The molecule has 0 radical (unpaired) electrons. The fourth-order valence-electron chi connectivity index (χ4n) is 2.79. The van der Waals surface area contributed by atoms with E-state index in [4.69, 9.17) is 4.74 Å². The largest absolute Gasteiger partial charge is 0.491 e. The fourth-order valence-corrected chi connectivity index (χ4v) is 3.81. The van der Waals surface area contributed by atoms with Gasteiger partial charge < -0.3 is 9.84 Å². The molecule has 0 amide bonds. The number of hydrogen-bond donors (Lipinski definition) is 1. The molecule has 0 aliphatic carbocycles. The van der Waals surface area contributed by atoms with E-state index in [0.29, 0.717) is 6.42 Å². The van der Waals surface area contributed by atoms with Crippen molar-refractivity contribution in [2.75, 3.05) is 6.61 Å². The van der Waals surface area contributed by atoms with Crippen molar-refractivity contribution in [2.24, 2.45) is 5.41 Å². The summed E-state index contributed by atoms with van der Waals surface area (Å²) >= 11 is 1.53. The smallest absolute Gasteiger partial charge is 0.129 e. The van der Waals surface area contributed by atoms with Crippen LogP contribution in [0.1, 0.15) is 22.2 Å². The van der Waals surface area contributed by atoms with Crippen LogP contribution in [0.3, 0.4) is 0 Å². The Morgan fingerprint density at radius 1 is 1.33 bits per heavy atom. The molecule has 108 valence electrons. The maximum atomic E-state index is 11.1. The third-order valence-corrected chi connectivity index (χ3v) is 5.52. The lowest BCUT2D eigenvalue weighted by Crippen LogP contribution is -2.49. The number of benzene rings is 1. The van der Waals surface area contributed by atoms with Crippen LogP contribution < -0.4 is 4.74 Å².